The van der Waals surface area contributed by atoms with Gasteiger partial charge >= 0.3 is 0 Å². The number of halogens is 1. The van der Waals surface area contributed by atoms with E-state index >= 15 is 0 Å². The Morgan fingerprint density at radius 3 is 2.79 bits per heavy atom. The van der Waals surface area contributed by atoms with E-state index in [1.54, 1.807) is 7.05 Å². The van der Waals surface area contributed by atoms with Crippen molar-refractivity contribution in [2.75, 3.05) is 20.2 Å². The number of hydrogen-bond acceptors (Lipinski definition) is 3. The molecule has 0 spiro atoms. The Morgan fingerprint density at radius 1 is 1.42 bits per heavy atom. The van der Waals surface area contributed by atoms with Gasteiger partial charge in [0.25, 0.3) is 5.91 Å². The van der Waals surface area contributed by atoms with Crippen LogP contribution >= 0.6 is 15.9 Å². The largest absolute Gasteiger partial charge is 0.483 e. The number of benzene rings is 1. The van der Waals surface area contributed by atoms with Crippen molar-refractivity contribution in [2.45, 2.75) is 26.8 Å². The first-order valence-corrected chi connectivity index (χ1v) is 7.20. The molecule has 0 fully saturated rings. The summed E-state index contributed by atoms with van der Waals surface area (Å²) in [5.41, 5.74) is 2.08. The first-order chi connectivity index (χ1) is 9.08. The Morgan fingerprint density at radius 2 is 2.16 bits per heavy atom. The third-order valence-corrected chi connectivity index (χ3v) is 3.14. The number of hydrogen-bond donors (Lipinski definition) is 2. The predicted molar refractivity (Wildman–Crippen MR) is 80.4 cm³/mol. The van der Waals surface area contributed by atoms with Crippen molar-refractivity contribution in [1.29, 1.82) is 0 Å². The molecule has 4 nitrogen and oxygen atoms in total. The highest BCUT2D eigenvalue weighted by Crippen LogP contribution is 2.28. The van der Waals surface area contributed by atoms with Crippen molar-refractivity contribution < 1.29 is 9.53 Å². The number of carbonyl (C=O) groups is 1. The van der Waals surface area contributed by atoms with Gasteiger partial charge in [0, 0.05) is 23.6 Å². The van der Waals surface area contributed by atoms with Gasteiger partial charge in [-0.2, -0.15) is 0 Å². The van der Waals surface area contributed by atoms with E-state index < -0.39 is 0 Å². The minimum atomic E-state index is -0.130. The summed E-state index contributed by atoms with van der Waals surface area (Å²) < 4.78 is 6.65. The zero-order valence-corrected chi connectivity index (χ0v) is 13.3. The number of rotatable bonds is 7. The Kier molecular flexibility index (Phi) is 6.87. The second-order valence-electron chi connectivity index (χ2n) is 4.35. The van der Waals surface area contributed by atoms with Crippen LogP contribution in [0.25, 0.3) is 0 Å². The normalized spacial score (nSPS) is 10.3. The smallest absolute Gasteiger partial charge is 0.257 e. The lowest BCUT2D eigenvalue weighted by atomic mass is 10.1. The fourth-order valence-corrected chi connectivity index (χ4v) is 2.37. The third kappa shape index (κ3) is 5.20. The first-order valence-electron chi connectivity index (χ1n) is 6.41. The Labute approximate surface area is 123 Å². The van der Waals surface area contributed by atoms with Crippen LogP contribution in [0.1, 0.15) is 24.5 Å². The van der Waals surface area contributed by atoms with Gasteiger partial charge in [-0.05, 0) is 37.6 Å². The Hall–Kier alpha value is -1.07. The van der Waals surface area contributed by atoms with Gasteiger partial charge in [-0.15, -0.1) is 0 Å². The van der Waals surface area contributed by atoms with Crippen LogP contribution in [-0.2, 0) is 11.3 Å². The zero-order valence-electron chi connectivity index (χ0n) is 11.7. The molecule has 0 aromatic heterocycles. The molecule has 0 atom stereocenters. The maximum Gasteiger partial charge on any atom is 0.257 e. The lowest BCUT2D eigenvalue weighted by Crippen LogP contribution is -2.25. The van der Waals surface area contributed by atoms with Crippen molar-refractivity contribution in [3.8, 4) is 5.75 Å². The van der Waals surface area contributed by atoms with Gasteiger partial charge in [-0.25, -0.2) is 0 Å². The standard InChI is InChI=1S/C14H21BrN2O2/c1-4-5-17-8-11-7-12(15)6-10(2)14(11)19-9-13(18)16-3/h6-7,17H,4-5,8-9H2,1-3H3,(H,16,18). The van der Waals surface area contributed by atoms with E-state index in [9.17, 15) is 4.79 Å². The van der Waals surface area contributed by atoms with Crippen LogP contribution < -0.4 is 15.4 Å². The van der Waals surface area contributed by atoms with Crippen molar-refractivity contribution in [3.63, 3.8) is 0 Å². The molecule has 0 saturated heterocycles. The Bertz CT molecular complexity index is 436. The van der Waals surface area contributed by atoms with E-state index in [4.69, 9.17) is 4.74 Å². The lowest BCUT2D eigenvalue weighted by molar-refractivity contribution is -0.122. The fourth-order valence-electron chi connectivity index (χ4n) is 1.75. The molecule has 0 saturated carbocycles. The number of ether oxygens (including phenoxy) is 1. The molecule has 0 aliphatic carbocycles. The molecule has 1 rings (SSSR count). The summed E-state index contributed by atoms with van der Waals surface area (Å²) in [6.07, 6.45) is 1.08. The van der Waals surface area contributed by atoms with Crippen LogP contribution in [0.3, 0.4) is 0 Å². The quantitative estimate of drug-likeness (QED) is 0.755. The number of aryl methyl sites for hydroxylation is 1. The molecule has 19 heavy (non-hydrogen) atoms. The molecule has 0 heterocycles. The molecular weight excluding hydrogens is 308 g/mol. The van der Waals surface area contributed by atoms with E-state index in [2.05, 4.69) is 33.5 Å². The fraction of sp³-hybridized carbons (Fsp3) is 0.500. The van der Waals surface area contributed by atoms with Crippen molar-refractivity contribution in [2.24, 2.45) is 0 Å². The van der Waals surface area contributed by atoms with E-state index in [0.29, 0.717) is 0 Å². The van der Waals surface area contributed by atoms with E-state index in [1.165, 1.54) is 0 Å². The van der Waals surface area contributed by atoms with Crippen LogP contribution in [0, 0.1) is 6.92 Å². The number of nitrogens with one attached hydrogen (secondary N) is 2. The molecule has 1 amide bonds. The summed E-state index contributed by atoms with van der Waals surface area (Å²) in [7, 11) is 1.60. The van der Waals surface area contributed by atoms with Crippen molar-refractivity contribution in [1.82, 2.24) is 10.6 Å². The molecule has 2 N–H and O–H groups in total. The lowest BCUT2D eigenvalue weighted by Gasteiger charge is -2.15. The summed E-state index contributed by atoms with van der Waals surface area (Å²) >= 11 is 3.49. The minimum absolute atomic E-state index is 0.0414. The molecule has 0 radical (unpaired) electrons. The average molecular weight is 329 g/mol. The Balaban J connectivity index is 2.83. The van der Waals surface area contributed by atoms with E-state index in [1.807, 2.05) is 19.1 Å². The van der Waals surface area contributed by atoms with Crippen LogP contribution in [-0.4, -0.2) is 26.1 Å². The average Bonchev–Trinajstić information content (AvgIpc) is 2.37. The summed E-state index contributed by atoms with van der Waals surface area (Å²) in [4.78, 5) is 11.3. The summed E-state index contributed by atoms with van der Waals surface area (Å²) in [6.45, 7) is 5.84. The molecular formula is C14H21BrN2O2. The summed E-state index contributed by atoms with van der Waals surface area (Å²) in [6, 6.07) is 4.01. The van der Waals surface area contributed by atoms with Gasteiger partial charge in [0.1, 0.15) is 5.75 Å². The molecule has 5 heteroatoms. The monoisotopic (exact) mass is 328 g/mol. The van der Waals surface area contributed by atoms with E-state index in [-0.39, 0.29) is 12.5 Å². The second-order valence-corrected chi connectivity index (χ2v) is 5.27. The highest BCUT2D eigenvalue weighted by molar-refractivity contribution is 9.10. The first kappa shape index (κ1) is 16.0. The zero-order chi connectivity index (χ0) is 14.3. The highest BCUT2D eigenvalue weighted by Gasteiger charge is 2.10. The van der Waals surface area contributed by atoms with Crippen LogP contribution in [0.2, 0.25) is 0 Å². The summed E-state index contributed by atoms with van der Waals surface area (Å²) in [5.74, 6) is 0.658. The van der Waals surface area contributed by atoms with E-state index in [0.717, 1.165) is 40.9 Å². The second kappa shape index (κ2) is 8.17. The van der Waals surface area contributed by atoms with Crippen molar-refractivity contribution in [3.05, 3.63) is 27.7 Å². The van der Waals surface area contributed by atoms with Gasteiger partial charge in [-0.1, -0.05) is 22.9 Å². The number of carbonyl (C=O) groups excluding carboxylic acids is 1. The number of amides is 1. The highest BCUT2D eigenvalue weighted by atomic mass is 79.9. The predicted octanol–water partition coefficient (Wildman–Crippen LogP) is 2.38. The molecule has 0 aliphatic heterocycles. The maximum absolute atomic E-state index is 11.3. The molecule has 0 unspecified atom stereocenters. The minimum Gasteiger partial charge on any atom is -0.483 e. The van der Waals surface area contributed by atoms with Crippen LogP contribution in [0.4, 0.5) is 0 Å². The molecule has 0 aliphatic rings. The topological polar surface area (TPSA) is 50.4 Å². The van der Waals surface area contributed by atoms with Gasteiger partial charge in [0.2, 0.25) is 0 Å². The molecule has 1 aromatic rings. The van der Waals surface area contributed by atoms with Gasteiger partial charge in [-0.3, -0.25) is 4.79 Å². The SMILES string of the molecule is CCCNCc1cc(Br)cc(C)c1OCC(=O)NC. The summed E-state index contributed by atoms with van der Waals surface area (Å²) in [5, 5.41) is 5.90. The van der Waals surface area contributed by atoms with Gasteiger partial charge in [0.15, 0.2) is 6.61 Å². The molecule has 0 bridgehead atoms. The van der Waals surface area contributed by atoms with Crippen molar-refractivity contribution >= 4 is 21.8 Å². The van der Waals surface area contributed by atoms with Crippen LogP contribution in [0.5, 0.6) is 5.75 Å². The molecule has 106 valence electrons. The number of likely N-dealkylation sites (N-methyl/N-ethyl adjacent to an activating group) is 1. The van der Waals surface area contributed by atoms with Crippen LogP contribution in [0.15, 0.2) is 16.6 Å². The van der Waals surface area contributed by atoms with Gasteiger partial charge in [0.05, 0.1) is 0 Å². The molecule has 1 aromatic carbocycles. The maximum atomic E-state index is 11.3. The third-order valence-electron chi connectivity index (χ3n) is 2.68. The van der Waals surface area contributed by atoms with Gasteiger partial charge < -0.3 is 15.4 Å².